The molecule has 1 heterocycles. The molecule has 6 heteroatoms. The molecule has 2 amide bonds. The number of oxazole rings is 1. The fraction of sp³-hybridized carbons (Fsp3) is 0.241. The summed E-state index contributed by atoms with van der Waals surface area (Å²) in [7, 11) is 0. The molecule has 3 aromatic carbocycles. The third-order valence-electron chi connectivity index (χ3n) is 5.77. The second-order valence-corrected chi connectivity index (χ2v) is 8.29. The lowest BCUT2D eigenvalue weighted by atomic mass is 10.2. The van der Waals surface area contributed by atoms with Crippen LogP contribution in [0.5, 0.6) is 5.75 Å². The van der Waals surface area contributed by atoms with E-state index in [-0.39, 0.29) is 6.03 Å². The molecule has 0 radical (unpaired) electrons. The van der Waals surface area contributed by atoms with Crippen LogP contribution in [0.15, 0.2) is 89.3 Å². The summed E-state index contributed by atoms with van der Waals surface area (Å²) in [6, 6.07) is 27.6. The Kier molecular flexibility index (Phi) is 8.17. The summed E-state index contributed by atoms with van der Waals surface area (Å²) in [5.74, 6) is 2.23. The summed E-state index contributed by atoms with van der Waals surface area (Å²) < 4.78 is 11.8. The Morgan fingerprint density at radius 3 is 2.31 bits per heavy atom. The number of hydrogen-bond acceptors (Lipinski definition) is 4. The fourth-order valence-corrected chi connectivity index (χ4v) is 3.75. The van der Waals surface area contributed by atoms with Crippen molar-refractivity contribution < 1.29 is 13.9 Å². The zero-order valence-electron chi connectivity index (χ0n) is 20.2. The van der Waals surface area contributed by atoms with Crippen LogP contribution >= 0.6 is 0 Å². The molecule has 0 aliphatic rings. The van der Waals surface area contributed by atoms with Crippen molar-refractivity contribution in [3.8, 4) is 17.2 Å². The smallest absolute Gasteiger partial charge is 0.317 e. The average molecular weight is 470 g/mol. The van der Waals surface area contributed by atoms with Gasteiger partial charge >= 0.3 is 6.03 Å². The van der Waals surface area contributed by atoms with E-state index in [4.69, 9.17) is 9.15 Å². The fourth-order valence-electron chi connectivity index (χ4n) is 3.75. The number of ether oxygens (including phenoxy) is 1. The van der Waals surface area contributed by atoms with Gasteiger partial charge in [0, 0.05) is 31.6 Å². The molecule has 0 fully saturated rings. The van der Waals surface area contributed by atoms with Gasteiger partial charge in [0.15, 0.2) is 0 Å². The van der Waals surface area contributed by atoms with Crippen molar-refractivity contribution in [3.63, 3.8) is 0 Å². The van der Waals surface area contributed by atoms with E-state index in [0.717, 1.165) is 33.9 Å². The number of urea groups is 1. The monoisotopic (exact) mass is 469 g/mol. The first-order valence-corrected chi connectivity index (χ1v) is 11.9. The molecule has 0 aliphatic carbocycles. The van der Waals surface area contributed by atoms with Gasteiger partial charge in [-0.3, -0.25) is 0 Å². The van der Waals surface area contributed by atoms with Gasteiger partial charge < -0.3 is 19.4 Å². The number of aromatic nitrogens is 1. The van der Waals surface area contributed by atoms with Gasteiger partial charge in [0.2, 0.25) is 5.89 Å². The van der Waals surface area contributed by atoms with Crippen molar-refractivity contribution in [1.82, 2.24) is 15.2 Å². The summed E-state index contributed by atoms with van der Waals surface area (Å²) in [4.78, 5) is 19.0. The van der Waals surface area contributed by atoms with Gasteiger partial charge in [0.05, 0.1) is 12.3 Å². The number of carbonyl (C=O) groups excluding carboxylic acids is 1. The highest BCUT2D eigenvalue weighted by atomic mass is 16.5. The molecule has 0 atom stereocenters. The lowest BCUT2D eigenvalue weighted by Crippen LogP contribution is -2.39. The number of benzene rings is 3. The van der Waals surface area contributed by atoms with E-state index < -0.39 is 0 Å². The van der Waals surface area contributed by atoms with Crippen LogP contribution in [0, 0.1) is 6.92 Å². The molecule has 4 aromatic rings. The molecule has 0 aliphatic heterocycles. The Balaban J connectivity index is 1.25. The molecule has 0 spiro atoms. The molecule has 180 valence electrons. The lowest BCUT2D eigenvalue weighted by Gasteiger charge is -2.21. The second-order valence-electron chi connectivity index (χ2n) is 8.29. The number of nitrogens with zero attached hydrogens (tertiary/aromatic N) is 2. The summed E-state index contributed by atoms with van der Waals surface area (Å²) in [5, 5.41) is 2.99. The van der Waals surface area contributed by atoms with E-state index in [2.05, 4.69) is 10.3 Å². The molecule has 0 saturated heterocycles. The van der Waals surface area contributed by atoms with Gasteiger partial charge in [0.25, 0.3) is 0 Å². The maximum atomic E-state index is 12.6. The normalized spacial score (nSPS) is 10.7. The molecular weight excluding hydrogens is 438 g/mol. The first-order chi connectivity index (χ1) is 17.1. The van der Waals surface area contributed by atoms with E-state index >= 15 is 0 Å². The van der Waals surface area contributed by atoms with Crippen LogP contribution in [0.1, 0.15) is 29.5 Å². The van der Waals surface area contributed by atoms with Crippen LogP contribution in [0.4, 0.5) is 4.79 Å². The Morgan fingerprint density at radius 2 is 1.63 bits per heavy atom. The van der Waals surface area contributed by atoms with Crippen LogP contribution in [-0.4, -0.2) is 29.1 Å². The van der Waals surface area contributed by atoms with E-state index in [0.29, 0.717) is 38.6 Å². The van der Waals surface area contributed by atoms with Gasteiger partial charge in [-0.1, -0.05) is 60.7 Å². The van der Waals surface area contributed by atoms with Crippen molar-refractivity contribution in [2.75, 3.05) is 13.2 Å². The quantitative estimate of drug-likeness (QED) is 0.309. The Labute approximate surface area is 206 Å². The van der Waals surface area contributed by atoms with Gasteiger partial charge in [-0.2, -0.15) is 0 Å². The van der Waals surface area contributed by atoms with Crippen LogP contribution < -0.4 is 10.1 Å². The standard InChI is InChI=1S/C29H31N3O3/c1-3-32(29(33)30-20-23-10-6-4-7-11-23)21-24-14-16-26(17-15-24)34-19-18-27-22(2)35-28(31-27)25-12-8-5-9-13-25/h4-17H,3,18-21H2,1-2H3,(H,30,33). The van der Waals surface area contributed by atoms with Gasteiger partial charge in [-0.15, -0.1) is 0 Å². The zero-order chi connectivity index (χ0) is 24.5. The molecule has 35 heavy (non-hydrogen) atoms. The van der Waals surface area contributed by atoms with E-state index in [1.807, 2.05) is 98.8 Å². The van der Waals surface area contributed by atoms with Crippen LogP contribution in [0.2, 0.25) is 0 Å². The van der Waals surface area contributed by atoms with Gasteiger partial charge in [-0.25, -0.2) is 9.78 Å². The zero-order valence-corrected chi connectivity index (χ0v) is 20.2. The predicted octanol–water partition coefficient (Wildman–Crippen LogP) is 6.00. The minimum absolute atomic E-state index is 0.0745. The van der Waals surface area contributed by atoms with Crippen molar-refractivity contribution in [1.29, 1.82) is 0 Å². The second kappa shape index (κ2) is 11.9. The number of rotatable bonds is 10. The van der Waals surface area contributed by atoms with Gasteiger partial charge in [-0.05, 0) is 49.2 Å². The third-order valence-corrected chi connectivity index (χ3v) is 5.77. The SMILES string of the molecule is CCN(Cc1ccc(OCCc2nc(-c3ccccc3)oc2C)cc1)C(=O)NCc1ccccc1. The maximum Gasteiger partial charge on any atom is 0.317 e. The number of nitrogens with one attached hydrogen (secondary N) is 1. The molecule has 0 bridgehead atoms. The molecule has 4 rings (SSSR count). The molecule has 1 N–H and O–H groups in total. The average Bonchev–Trinajstić information content (AvgIpc) is 3.28. The number of amides is 2. The Bertz CT molecular complexity index is 1210. The first-order valence-electron chi connectivity index (χ1n) is 11.9. The molecule has 1 aromatic heterocycles. The Hall–Kier alpha value is -4.06. The molecule has 6 nitrogen and oxygen atoms in total. The minimum Gasteiger partial charge on any atom is -0.493 e. The topological polar surface area (TPSA) is 67.6 Å². The van der Waals surface area contributed by atoms with Gasteiger partial charge in [0.1, 0.15) is 11.5 Å². The van der Waals surface area contributed by atoms with E-state index in [9.17, 15) is 4.79 Å². The highest BCUT2D eigenvalue weighted by Gasteiger charge is 2.13. The van der Waals surface area contributed by atoms with E-state index in [1.54, 1.807) is 4.90 Å². The van der Waals surface area contributed by atoms with Crippen molar-refractivity contribution >= 4 is 6.03 Å². The van der Waals surface area contributed by atoms with Crippen molar-refractivity contribution in [2.24, 2.45) is 0 Å². The molecule has 0 unspecified atom stereocenters. The largest absolute Gasteiger partial charge is 0.493 e. The number of hydrogen-bond donors (Lipinski definition) is 1. The van der Waals surface area contributed by atoms with Crippen LogP contribution in [0.3, 0.4) is 0 Å². The predicted molar refractivity (Wildman–Crippen MR) is 137 cm³/mol. The summed E-state index contributed by atoms with van der Waals surface area (Å²) >= 11 is 0. The molecule has 0 saturated carbocycles. The van der Waals surface area contributed by atoms with Crippen LogP contribution in [-0.2, 0) is 19.5 Å². The summed E-state index contributed by atoms with van der Waals surface area (Å²) in [5.41, 5.74) is 4.00. The third kappa shape index (κ3) is 6.73. The van der Waals surface area contributed by atoms with Crippen LogP contribution in [0.25, 0.3) is 11.5 Å². The van der Waals surface area contributed by atoms with E-state index in [1.165, 1.54) is 0 Å². The number of carbonyl (C=O) groups is 1. The van der Waals surface area contributed by atoms with Crippen molar-refractivity contribution in [2.45, 2.75) is 33.4 Å². The molecular formula is C29H31N3O3. The minimum atomic E-state index is -0.0745. The lowest BCUT2D eigenvalue weighted by molar-refractivity contribution is 0.197. The Morgan fingerprint density at radius 1 is 0.943 bits per heavy atom. The first kappa shape index (κ1) is 24.1. The summed E-state index contributed by atoms with van der Waals surface area (Å²) in [6.07, 6.45) is 0.662. The highest BCUT2D eigenvalue weighted by molar-refractivity contribution is 5.74. The number of aryl methyl sites for hydroxylation is 1. The summed E-state index contributed by atoms with van der Waals surface area (Å²) in [6.45, 7) is 6.09. The highest BCUT2D eigenvalue weighted by Crippen LogP contribution is 2.22. The maximum absolute atomic E-state index is 12.6. The van der Waals surface area contributed by atoms with Crippen molar-refractivity contribution in [3.05, 3.63) is 108 Å².